The van der Waals surface area contributed by atoms with Crippen LogP contribution in [0.3, 0.4) is 0 Å². The van der Waals surface area contributed by atoms with Crippen LogP contribution in [-0.2, 0) is 6.54 Å². The molecule has 1 aliphatic rings. The molecule has 2 N–H and O–H groups in total. The molecule has 0 bridgehead atoms. The molecule has 10 heteroatoms. The number of imidazole rings is 1. The minimum atomic E-state index is -0.419. The lowest BCUT2D eigenvalue weighted by Gasteiger charge is -2.15. The van der Waals surface area contributed by atoms with Crippen molar-refractivity contribution in [3.8, 4) is 34.0 Å². The van der Waals surface area contributed by atoms with Crippen LogP contribution in [0.2, 0.25) is 0 Å². The van der Waals surface area contributed by atoms with Crippen LogP contribution in [0.15, 0.2) is 61.3 Å². The molecule has 1 fully saturated rings. The van der Waals surface area contributed by atoms with Crippen LogP contribution >= 0.6 is 0 Å². The summed E-state index contributed by atoms with van der Waals surface area (Å²) in [5.41, 5.74) is 5.54. The Bertz CT molecular complexity index is 1740. The zero-order valence-corrected chi connectivity index (χ0v) is 19.8. The number of hydrogen-bond donors (Lipinski definition) is 2. The first kappa shape index (κ1) is 21.7. The number of aromatic nitrogens is 8. The molecule has 7 rings (SSSR count). The molecular formula is C27H22FN9. The molecule has 0 unspecified atom stereocenters. The van der Waals surface area contributed by atoms with Gasteiger partial charge in [-0.2, -0.15) is 5.10 Å². The fourth-order valence-corrected chi connectivity index (χ4v) is 4.99. The molecule has 0 spiro atoms. The lowest BCUT2D eigenvalue weighted by molar-refractivity contribution is 0.331. The van der Waals surface area contributed by atoms with Crippen molar-refractivity contribution in [3.63, 3.8) is 0 Å². The number of pyridine rings is 4. The predicted molar refractivity (Wildman–Crippen MR) is 138 cm³/mol. The number of aromatic amines is 2. The Kier molecular flexibility index (Phi) is 5.17. The molecule has 6 aromatic rings. The fourth-order valence-electron chi connectivity index (χ4n) is 4.99. The zero-order valence-electron chi connectivity index (χ0n) is 19.8. The van der Waals surface area contributed by atoms with Crippen LogP contribution in [0, 0.1) is 5.82 Å². The summed E-state index contributed by atoms with van der Waals surface area (Å²) in [7, 11) is 0. The third-order valence-corrected chi connectivity index (χ3v) is 6.77. The Morgan fingerprint density at radius 3 is 2.73 bits per heavy atom. The molecule has 1 saturated heterocycles. The summed E-state index contributed by atoms with van der Waals surface area (Å²) in [6, 6.07) is 9.44. The van der Waals surface area contributed by atoms with E-state index in [0.717, 1.165) is 30.7 Å². The van der Waals surface area contributed by atoms with E-state index < -0.39 is 5.82 Å². The number of hydrogen-bond acceptors (Lipinski definition) is 7. The van der Waals surface area contributed by atoms with Gasteiger partial charge in [0.2, 0.25) is 0 Å². The van der Waals surface area contributed by atoms with Gasteiger partial charge in [-0.05, 0) is 55.8 Å². The minimum Gasteiger partial charge on any atom is -0.336 e. The van der Waals surface area contributed by atoms with E-state index >= 15 is 4.39 Å². The highest BCUT2D eigenvalue weighted by molar-refractivity contribution is 5.96. The average Bonchev–Trinajstić information content (AvgIpc) is 3.69. The van der Waals surface area contributed by atoms with E-state index in [1.165, 1.54) is 19.0 Å². The smallest absolute Gasteiger partial charge is 0.159 e. The number of nitrogens with zero attached hydrogens (tertiary/aromatic N) is 7. The molecule has 1 aliphatic heterocycles. The van der Waals surface area contributed by atoms with Crippen molar-refractivity contribution in [1.29, 1.82) is 0 Å². The van der Waals surface area contributed by atoms with Crippen LogP contribution in [0.25, 0.3) is 56.1 Å². The van der Waals surface area contributed by atoms with Gasteiger partial charge in [0.1, 0.15) is 22.7 Å². The van der Waals surface area contributed by atoms with Crippen LogP contribution in [0.4, 0.5) is 4.39 Å². The molecule has 0 aromatic carbocycles. The molecule has 0 saturated carbocycles. The van der Waals surface area contributed by atoms with Gasteiger partial charge < -0.3 is 4.98 Å². The van der Waals surface area contributed by atoms with Crippen molar-refractivity contribution >= 4 is 22.1 Å². The molecular weight excluding hydrogens is 469 g/mol. The summed E-state index contributed by atoms with van der Waals surface area (Å²) in [6.45, 7) is 2.97. The predicted octanol–water partition coefficient (Wildman–Crippen LogP) is 4.76. The molecule has 0 amide bonds. The summed E-state index contributed by atoms with van der Waals surface area (Å²) in [4.78, 5) is 28.1. The van der Waals surface area contributed by atoms with Gasteiger partial charge in [-0.3, -0.25) is 25.0 Å². The lowest BCUT2D eigenvalue weighted by Crippen LogP contribution is -2.18. The number of H-pyrrole nitrogens is 2. The summed E-state index contributed by atoms with van der Waals surface area (Å²) in [5.74, 6) is 0.00240. The maximum atomic E-state index is 16.1. The third kappa shape index (κ3) is 3.82. The SMILES string of the molecule is Fc1c(-c2cncc(CN3CCCC3)c2)cnc2[nH]nc(-c3nc4c(-c5ccccn5)nccc4[nH]3)c12. The van der Waals surface area contributed by atoms with Crippen LogP contribution in [-0.4, -0.2) is 58.1 Å². The van der Waals surface area contributed by atoms with Crippen LogP contribution in [0.1, 0.15) is 18.4 Å². The lowest BCUT2D eigenvalue weighted by atomic mass is 10.0. The first-order chi connectivity index (χ1) is 18.2. The highest BCUT2D eigenvalue weighted by Crippen LogP contribution is 2.34. The Hall–Kier alpha value is -4.57. The fraction of sp³-hybridized carbons (Fsp3) is 0.185. The first-order valence-electron chi connectivity index (χ1n) is 12.2. The Morgan fingerprint density at radius 1 is 0.946 bits per heavy atom. The maximum absolute atomic E-state index is 16.1. The van der Waals surface area contributed by atoms with E-state index in [0.29, 0.717) is 45.2 Å². The highest BCUT2D eigenvalue weighted by atomic mass is 19.1. The maximum Gasteiger partial charge on any atom is 0.159 e. The molecule has 9 nitrogen and oxygen atoms in total. The van der Waals surface area contributed by atoms with Gasteiger partial charge in [0, 0.05) is 48.7 Å². The van der Waals surface area contributed by atoms with E-state index in [1.807, 2.05) is 36.5 Å². The quantitative estimate of drug-likeness (QED) is 0.358. The normalized spacial score (nSPS) is 14.2. The summed E-state index contributed by atoms with van der Waals surface area (Å²) >= 11 is 0. The summed E-state index contributed by atoms with van der Waals surface area (Å²) in [5, 5.41) is 7.48. The zero-order chi connectivity index (χ0) is 24.8. The monoisotopic (exact) mass is 491 g/mol. The van der Waals surface area contributed by atoms with E-state index in [9.17, 15) is 0 Å². The molecule has 182 valence electrons. The Balaban J connectivity index is 1.32. The van der Waals surface area contributed by atoms with Crippen LogP contribution in [0.5, 0.6) is 0 Å². The number of halogens is 1. The second kappa shape index (κ2) is 8.82. The molecule has 0 aliphatic carbocycles. The van der Waals surface area contributed by atoms with Crippen molar-refractivity contribution in [1.82, 2.24) is 45.0 Å². The minimum absolute atomic E-state index is 0.272. The van der Waals surface area contributed by atoms with Crippen molar-refractivity contribution < 1.29 is 4.39 Å². The van der Waals surface area contributed by atoms with E-state index in [4.69, 9.17) is 4.98 Å². The standard InChI is InChI=1S/C27H22FN9/c28-22-18(17-11-16(12-29-13-17)15-37-9-3-4-10-37)14-32-26-21(22)25(35-36-26)27-33-20-6-8-31-23(24(20)34-27)19-5-1-2-7-30-19/h1-2,5-8,11-14H,3-4,9-10,15H2,(H,33,34)(H,32,35,36). The van der Waals surface area contributed by atoms with Gasteiger partial charge in [-0.1, -0.05) is 6.07 Å². The van der Waals surface area contributed by atoms with Crippen molar-refractivity contribution in [3.05, 3.63) is 72.7 Å². The Labute approximate surface area is 210 Å². The van der Waals surface area contributed by atoms with Crippen molar-refractivity contribution in [2.45, 2.75) is 19.4 Å². The number of fused-ring (bicyclic) bond motifs is 2. The summed E-state index contributed by atoms with van der Waals surface area (Å²) in [6.07, 6.45) is 10.9. The first-order valence-corrected chi connectivity index (χ1v) is 12.2. The van der Waals surface area contributed by atoms with Crippen molar-refractivity contribution in [2.75, 3.05) is 13.1 Å². The second-order valence-corrected chi connectivity index (χ2v) is 9.20. The number of rotatable bonds is 5. The molecule has 37 heavy (non-hydrogen) atoms. The van der Waals surface area contributed by atoms with Gasteiger partial charge in [0.25, 0.3) is 0 Å². The van der Waals surface area contributed by atoms with E-state index in [-0.39, 0.29) is 5.39 Å². The van der Waals surface area contributed by atoms with Gasteiger partial charge in [0.15, 0.2) is 11.5 Å². The number of nitrogens with one attached hydrogen (secondary N) is 2. The van der Waals surface area contributed by atoms with Gasteiger partial charge in [-0.15, -0.1) is 0 Å². The van der Waals surface area contributed by atoms with Gasteiger partial charge in [-0.25, -0.2) is 14.4 Å². The van der Waals surface area contributed by atoms with E-state index in [2.05, 4.69) is 40.0 Å². The van der Waals surface area contributed by atoms with Crippen molar-refractivity contribution in [2.24, 2.45) is 0 Å². The second-order valence-electron chi connectivity index (χ2n) is 9.20. The topological polar surface area (TPSA) is 112 Å². The van der Waals surface area contributed by atoms with Crippen LogP contribution < -0.4 is 0 Å². The highest BCUT2D eigenvalue weighted by Gasteiger charge is 2.22. The summed E-state index contributed by atoms with van der Waals surface area (Å²) < 4.78 is 16.1. The van der Waals surface area contributed by atoms with E-state index in [1.54, 1.807) is 18.6 Å². The molecule has 7 heterocycles. The number of likely N-dealkylation sites (tertiary alicyclic amines) is 1. The molecule has 0 atom stereocenters. The Morgan fingerprint density at radius 2 is 1.86 bits per heavy atom. The van der Waals surface area contributed by atoms with Gasteiger partial charge in [0.05, 0.1) is 16.6 Å². The molecule has 6 aromatic heterocycles. The molecule has 0 radical (unpaired) electrons. The largest absolute Gasteiger partial charge is 0.336 e. The van der Waals surface area contributed by atoms with Gasteiger partial charge >= 0.3 is 0 Å². The third-order valence-electron chi connectivity index (χ3n) is 6.77. The average molecular weight is 492 g/mol.